The number of rotatable bonds is 17. The van der Waals surface area contributed by atoms with E-state index in [1.54, 1.807) is 17.8 Å². The summed E-state index contributed by atoms with van der Waals surface area (Å²) in [5, 5.41) is 0. The van der Waals surface area contributed by atoms with E-state index in [0.29, 0.717) is 6.61 Å². The molecule has 5 N–H and O–H groups in total. The van der Waals surface area contributed by atoms with Crippen LogP contribution in [-0.4, -0.2) is 37.8 Å². The molecular formula is C17H40N4O2S2. The van der Waals surface area contributed by atoms with E-state index in [4.69, 9.17) is 10.5 Å². The van der Waals surface area contributed by atoms with Crippen LogP contribution in [0.1, 0.15) is 71.6 Å². The molecule has 152 valence electrons. The predicted molar refractivity (Wildman–Crippen MR) is 114 cm³/mol. The fraction of sp³-hybridized carbons (Fsp3) is 0.941. The van der Waals surface area contributed by atoms with Gasteiger partial charge in [0.1, 0.15) is 6.61 Å². The summed E-state index contributed by atoms with van der Waals surface area (Å²) < 4.78 is 4.96. The Morgan fingerprint density at radius 2 is 1.40 bits per heavy atom. The fourth-order valence-corrected chi connectivity index (χ4v) is 3.95. The summed E-state index contributed by atoms with van der Waals surface area (Å²) in [7, 11) is 5.29. The molecule has 0 radical (unpaired) electrons. The van der Waals surface area contributed by atoms with E-state index in [-0.39, 0.29) is 0 Å². The monoisotopic (exact) mass is 396 g/mol. The number of ether oxygens (including phenoxy) is 1. The average Bonchev–Trinajstić information content (AvgIpc) is 2.64. The van der Waals surface area contributed by atoms with Gasteiger partial charge in [0.2, 0.25) is 0 Å². The third kappa shape index (κ3) is 26.2. The van der Waals surface area contributed by atoms with Gasteiger partial charge < -0.3 is 10.5 Å². The van der Waals surface area contributed by atoms with Gasteiger partial charge in [0, 0.05) is 18.6 Å². The summed E-state index contributed by atoms with van der Waals surface area (Å²) in [6.07, 6.45) is 11.4. The zero-order valence-corrected chi connectivity index (χ0v) is 18.0. The molecule has 0 heterocycles. The lowest BCUT2D eigenvalue weighted by molar-refractivity contribution is 0.146. The average molecular weight is 397 g/mol. The number of nitrogens with one attached hydrogen (secondary N) is 3. The maximum Gasteiger partial charge on any atom is 0.422 e. The molecule has 0 aliphatic rings. The van der Waals surface area contributed by atoms with E-state index in [9.17, 15) is 4.79 Å². The number of carbonyl (C=O) groups excluding carboxylic acids is 1. The summed E-state index contributed by atoms with van der Waals surface area (Å²) >= 11 is 0. The molecule has 0 aromatic rings. The third-order valence-electron chi connectivity index (χ3n) is 3.20. The molecule has 0 aliphatic heterocycles. The minimum atomic E-state index is -0.465. The Kier molecular flexibility index (Phi) is 28.2. The van der Waals surface area contributed by atoms with Crippen LogP contribution >= 0.6 is 21.6 Å². The lowest BCUT2D eigenvalue weighted by atomic mass is 10.1. The van der Waals surface area contributed by atoms with E-state index in [1.165, 1.54) is 63.5 Å². The second-order valence-electron chi connectivity index (χ2n) is 5.25. The zero-order chi connectivity index (χ0) is 19.0. The van der Waals surface area contributed by atoms with Crippen molar-refractivity contribution in [2.45, 2.75) is 71.6 Å². The van der Waals surface area contributed by atoms with Gasteiger partial charge in [-0.3, -0.25) is 0 Å². The number of amides is 1. The molecule has 0 unspecified atom stereocenters. The van der Waals surface area contributed by atoms with Crippen LogP contribution in [0, 0.1) is 0 Å². The Hall–Kier alpha value is -0.150. The van der Waals surface area contributed by atoms with Crippen molar-refractivity contribution >= 4 is 27.7 Å². The molecule has 0 atom stereocenters. The lowest BCUT2D eigenvalue weighted by Crippen LogP contribution is -2.44. The summed E-state index contributed by atoms with van der Waals surface area (Å²) in [6, 6.07) is 0. The van der Waals surface area contributed by atoms with Gasteiger partial charge in [-0.2, -0.15) is 5.53 Å². The number of nitrogens with two attached hydrogens (primary N) is 1. The molecule has 6 nitrogen and oxygen atoms in total. The first-order valence-corrected chi connectivity index (χ1v) is 12.1. The van der Waals surface area contributed by atoms with Gasteiger partial charge in [0.05, 0.1) is 0 Å². The summed E-state index contributed by atoms with van der Waals surface area (Å²) in [4.78, 5) is 11.1. The molecule has 0 saturated heterocycles. The molecular weight excluding hydrogens is 356 g/mol. The Morgan fingerprint density at radius 3 is 1.96 bits per heavy atom. The van der Waals surface area contributed by atoms with Crippen LogP contribution in [0.2, 0.25) is 0 Å². The van der Waals surface area contributed by atoms with Crippen LogP contribution < -0.4 is 22.1 Å². The molecule has 25 heavy (non-hydrogen) atoms. The first-order chi connectivity index (χ1) is 12.3. The van der Waals surface area contributed by atoms with Crippen molar-refractivity contribution in [2.75, 3.05) is 31.7 Å². The van der Waals surface area contributed by atoms with Gasteiger partial charge in [-0.05, 0) is 19.4 Å². The van der Waals surface area contributed by atoms with Crippen molar-refractivity contribution in [1.29, 1.82) is 0 Å². The normalized spacial score (nSPS) is 10.1. The van der Waals surface area contributed by atoms with Gasteiger partial charge in [0.15, 0.2) is 0 Å². The second-order valence-corrected chi connectivity index (χ2v) is 7.95. The molecule has 0 aromatic carbocycles. The summed E-state index contributed by atoms with van der Waals surface area (Å²) in [5.41, 5.74) is 12.8. The highest BCUT2D eigenvalue weighted by atomic mass is 33.1. The van der Waals surface area contributed by atoms with E-state index >= 15 is 0 Å². The van der Waals surface area contributed by atoms with Crippen LogP contribution in [0.4, 0.5) is 4.79 Å². The molecule has 0 fully saturated rings. The Balaban J connectivity index is 0. The van der Waals surface area contributed by atoms with Crippen molar-refractivity contribution in [3.05, 3.63) is 0 Å². The fourth-order valence-electron chi connectivity index (χ4n) is 1.98. The van der Waals surface area contributed by atoms with Crippen LogP contribution in [0.5, 0.6) is 0 Å². The topological polar surface area (TPSA) is 88.4 Å². The minimum Gasteiger partial charge on any atom is -0.448 e. The number of hydrogen-bond donors (Lipinski definition) is 4. The highest BCUT2D eigenvalue weighted by Gasteiger charge is 1.99. The Morgan fingerprint density at radius 1 is 0.880 bits per heavy atom. The van der Waals surface area contributed by atoms with Crippen LogP contribution in [0.25, 0.3) is 0 Å². The van der Waals surface area contributed by atoms with Crippen molar-refractivity contribution < 1.29 is 9.53 Å². The van der Waals surface area contributed by atoms with E-state index < -0.39 is 6.09 Å². The van der Waals surface area contributed by atoms with Gasteiger partial charge >= 0.3 is 6.09 Å². The lowest BCUT2D eigenvalue weighted by Gasteiger charge is -2.06. The van der Waals surface area contributed by atoms with Crippen molar-refractivity contribution in [2.24, 2.45) is 5.73 Å². The summed E-state index contributed by atoms with van der Waals surface area (Å²) in [5.74, 6) is 2.00. The third-order valence-corrected chi connectivity index (χ3v) is 5.66. The molecule has 0 rings (SSSR count). The van der Waals surface area contributed by atoms with Crippen LogP contribution in [-0.2, 0) is 4.74 Å². The second kappa shape index (κ2) is 26.1. The molecule has 0 saturated carbocycles. The predicted octanol–water partition coefficient (Wildman–Crippen LogP) is 4.23. The SMILES string of the molecule is CC.CNNNC(=O)OCCSSCCCCCCCCCCCN. The highest BCUT2D eigenvalue weighted by Crippen LogP contribution is 2.22. The van der Waals surface area contributed by atoms with Crippen molar-refractivity contribution in [1.82, 2.24) is 16.4 Å². The van der Waals surface area contributed by atoms with Gasteiger partial charge in [0.25, 0.3) is 0 Å². The maximum atomic E-state index is 11.1. The van der Waals surface area contributed by atoms with Crippen LogP contribution in [0.3, 0.4) is 0 Å². The zero-order valence-electron chi connectivity index (χ0n) is 16.4. The number of hydrogen-bond acceptors (Lipinski definition) is 7. The molecule has 1 amide bonds. The summed E-state index contributed by atoms with van der Waals surface area (Å²) in [6.45, 7) is 5.27. The van der Waals surface area contributed by atoms with Gasteiger partial charge in [-0.1, -0.05) is 80.4 Å². The first kappa shape index (κ1) is 27.1. The van der Waals surface area contributed by atoms with Crippen LogP contribution in [0.15, 0.2) is 0 Å². The van der Waals surface area contributed by atoms with E-state index in [2.05, 4.69) is 16.4 Å². The van der Waals surface area contributed by atoms with Crippen molar-refractivity contribution in [3.63, 3.8) is 0 Å². The standard InChI is InChI=1S/C15H34N4O2S2.C2H6/c1-17-19-18-15(20)21-12-14-23-22-13-10-8-6-4-2-3-5-7-9-11-16;1-2/h17,19H,2-14,16H2,1H3,(H,18,20);1-2H3. The smallest absolute Gasteiger partial charge is 0.422 e. The van der Waals surface area contributed by atoms with E-state index in [0.717, 1.165) is 12.3 Å². The Labute approximate surface area is 162 Å². The molecule has 0 aliphatic carbocycles. The molecule has 0 bridgehead atoms. The first-order valence-electron chi connectivity index (χ1n) is 9.60. The molecule has 0 spiro atoms. The number of carbonyl (C=O) groups is 1. The van der Waals surface area contributed by atoms with Gasteiger partial charge in [-0.15, -0.1) is 0 Å². The largest absolute Gasteiger partial charge is 0.448 e. The molecule has 0 aromatic heterocycles. The Bertz CT molecular complexity index is 263. The minimum absolute atomic E-state index is 0.430. The van der Waals surface area contributed by atoms with Gasteiger partial charge in [-0.25, -0.2) is 15.6 Å². The number of unbranched alkanes of at least 4 members (excludes halogenated alkanes) is 8. The number of hydrazine groups is 2. The van der Waals surface area contributed by atoms with E-state index in [1.807, 2.05) is 24.6 Å². The quantitative estimate of drug-likeness (QED) is 0.166. The maximum absolute atomic E-state index is 11.1. The molecule has 8 heteroatoms. The highest BCUT2D eigenvalue weighted by molar-refractivity contribution is 8.76. The van der Waals surface area contributed by atoms with Crippen molar-refractivity contribution in [3.8, 4) is 0 Å².